The van der Waals surface area contributed by atoms with Gasteiger partial charge in [0, 0.05) is 12.1 Å². The van der Waals surface area contributed by atoms with Gasteiger partial charge in [0.2, 0.25) is 0 Å². The Morgan fingerprint density at radius 1 is 0.944 bits per heavy atom. The number of hydrogen-bond acceptors (Lipinski definition) is 1. The fraction of sp³-hybridized carbons (Fsp3) is 1.00. The zero-order valence-corrected chi connectivity index (χ0v) is 12.6. The van der Waals surface area contributed by atoms with E-state index in [1.54, 1.807) is 0 Å². The predicted octanol–water partition coefficient (Wildman–Crippen LogP) is 4.90. The molecule has 0 bridgehead atoms. The summed E-state index contributed by atoms with van der Waals surface area (Å²) in [5, 5.41) is 3.98. The fourth-order valence-electron chi connectivity index (χ4n) is 4.13. The van der Waals surface area contributed by atoms with Crippen LogP contribution in [0.1, 0.15) is 84.5 Å². The van der Waals surface area contributed by atoms with Gasteiger partial charge in [0.1, 0.15) is 0 Å². The summed E-state index contributed by atoms with van der Waals surface area (Å²) >= 11 is 0. The molecule has 0 spiro atoms. The third-order valence-corrected chi connectivity index (χ3v) is 5.47. The van der Waals surface area contributed by atoms with Crippen molar-refractivity contribution in [3.8, 4) is 0 Å². The molecule has 0 radical (unpaired) electrons. The molecule has 2 aliphatic rings. The molecule has 0 heterocycles. The van der Waals surface area contributed by atoms with Crippen LogP contribution in [0.25, 0.3) is 0 Å². The summed E-state index contributed by atoms with van der Waals surface area (Å²) in [6.07, 6.45) is 16.0. The van der Waals surface area contributed by atoms with E-state index in [0.29, 0.717) is 0 Å². The van der Waals surface area contributed by atoms with Gasteiger partial charge in [-0.3, -0.25) is 0 Å². The van der Waals surface area contributed by atoms with Crippen LogP contribution < -0.4 is 5.32 Å². The van der Waals surface area contributed by atoms with Gasteiger partial charge in [-0.1, -0.05) is 51.9 Å². The van der Waals surface area contributed by atoms with Gasteiger partial charge >= 0.3 is 0 Å². The highest BCUT2D eigenvalue weighted by atomic mass is 15.0. The Morgan fingerprint density at radius 2 is 1.67 bits per heavy atom. The molecule has 0 aliphatic heterocycles. The largest absolute Gasteiger partial charge is 0.311 e. The summed E-state index contributed by atoms with van der Waals surface area (Å²) < 4.78 is 0. The van der Waals surface area contributed by atoms with Gasteiger partial charge in [-0.15, -0.1) is 0 Å². The minimum atomic E-state index is 0.753. The highest BCUT2D eigenvalue weighted by molar-refractivity contribution is 4.83. The third-order valence-electron chi connectivity index (χ3n) is 5.47. The SMILES string of the molecule is CCC1CCCC(N[C@H](C)C2CCCCCC2)C1. The minimum Gasteiger partial charge on any atom is -0.311 e. The Kier molecular flexibility index (Phi) is 6.01. The standard InChI is InChI=1S/C17H33N/c1-3-15-9-8-12-17(13-15)18-14(2)16-10-6-4-5-7-11-16/h14-18H,3-13H2,1-2H3/t14-,15?,17?/m1/s1. The Morgan fingerprint density at radius 3 is 2.33 bits per heavy atom. The molecule has 0 amide bonds. The second kappa shape index (κ2) is 7.53. The molecular formula is C17H33N. The van der Waals surface area contributed by atoms with Crippen molar-refractivity contribution in [2.45, 2.75) is 96.6 Å². The van der Waals surface area contributed by atoms with Crippen molar-refractivity contribution in [1.29, 1.82) is 0 Å². The van der Waals surface area contributed by atoms with Crippen LogP contribution in [0.15, 0.2) is 0 Å². The lowest BCUT2D eigenvalue weighted by atomic mass is 9.83. The predicted molar refractivity (Wildman–Crippen MR) is 79.8 cm³/mol. The Hall–Kier alpha value is -0.0400. The van der Waals surface area contributed by atoms with Gasteiger partial charge in [-0.25, -0.2) is 0 Å². The molecule has 1 N–H and O–H groups in total. The summed E-state index contributed by atoms with van der Waals surface area (Å²) in [5.41, 5.74) is 0. The zero-order chi connectivity index (χ0) is 12.8. The average molecular weight is 251 g/mol. The highest BCUT2D eigenvalue weighted by Gasteiger charge is 2.25. The topological polar surface area (TPSA) is 12.0 Å². The lowest BCUT2D eigenvalue weighted by molar-refractivity contribution is 0.233. The van der Waals surface area contributed by atoms with Crippen LogP contribution in [0.3, 0.4) is 0 Å². The molecule has 2 aliphatic carbocycles. The van der Waals surface area contributed by atoms with E-state index in [4.69, 9.17) is 0 Å². The van der Waals surface area contributed by atoms with Crippen molar-refractivity contribution in [1.82, 2.24) is 5.32 Å². The van der Waals surface area contributed by atoms with Crippen molar-refractivity contribution < 1.29 is 0 Å². The van der Waals surface area contributed by atoms with E-state index < -0.39 is 0 Å². The maximum absolute atomic E-state index is 3.98. The van der Waals surface area contributed by atoms with Crippen LogP contribution in [0.2, 0.25) is 0 Å². The molecule has 18 heavy (non-hydrogen) atoms. The Bertz CT molecular complexity index is 218. The Labute approximate surface area is 114 Å². The highest BCUT2D eigenvalue weighted by Crippen LogP contribution is 2.29. The molecular weight excluding hydrogens is 218 g/mol. The van der Waals surface area contributed by atoms with Gasteiger partial charge < -0.3 is 5.32 Å². The van der Waals surface area contributed by atoms with E-state index in [9.17, 15) is 0 Å². The van der Waals surface area contributed by atoms with Crippen molar-refractivity contribution in [2.24, 2.45) is 11.8 Å². The van der Waals surface area contributed by atoms with Crippen LogP contribution >= 0.6 is 0 Å². The third kappa shape index (κ3) is 4.26. The van der Waals surface area contributed by atoms with Crippen LogP contribution in [0.5, 0.6) is 0 Å². The summed E-state index contributed by atoms with van der Waals surface area (Å²) in [4.78, 5) is 0. The van der Waals surface area contributed by atoms with E-state index in [-0.39, 0.29) is 0 Å². The molecule has 2 saturated carbocycles. The quantitative estimate of drug-likeness (QED) is 0.700. The molecule has 106 valence electrons. The molecule has 3 atom stereocenters. The van der Waals surface area contributed by atoms with Gasteiger partial charge in [-0.2, -0.15) is 0 Å². The van der Waals surface area contributed by atoms with Crippen LogP contribution in [0.4, 0.5) is 0 Å². The maximum atomic E-state index is 3.98. The molecule has 0 saturated heterocycles. The summed E-state index contributed by atoms with van der Waals surface area (Å²) in [7, 11) is 0. The molecule has 2 fully saturated rings. The first kappa shape index (κ1) is 14.4. The van der Waals surface area contributed by atoms with E-state index >= 15 is 0 Å². The first-order chi connectivity index (χ1) is 8.79. The lowest BCUT2D eigenvalue weighted by Gasteiger charge is -2.34. The van der Waals surface area contributed by atoms with Crippen molar-refractivity contribution >= 4 is 0 Å². The first-order valence-electron chi connectivity index (χ1n) is 8.55. The van der Waals surface area contributed by atoms with Gasteiger partial charge in [-0.05, 0) is 44.4 Å². The normalized spacial score (nSPS) is 33.0. The van der Waals surface area contributed by atoms with Crippen LogP contribution in [-0.4, -0.2) is 12.1 Å². The minimum absolute atomic E-state index is 0.753. The molecule has 0 aromatic carbocycles. The van der Waals surface area contributed by atoms with E-state index in [2.05, 4.69) is 19.2 Å². The molecule has 1 heteroatoms. The summed E-state index contributed by atoms with van der Waals surface area (Å²) in [5.74, 6) is 1.95. The van der Waals surface area contributed by atoms with Crippen molar-refractivity contribution in [3.63, 3.8) is 0 Å². The van der Waals surface area contributed by atoms with Crippen molar-refractivity contribution in [3.05, 3.63) is 0 Å². The maximum Gasteiger partial charge on any atom is 0.00722 e. The second-order valence-electron chi connectivity index (χ2n) is 6.84. The lowest BCUT2D eigenvalue weighted by Crippen LogP contribution is -2.43. The summed E-state index contributed by atoms with van der Waals surface area (Å²) in [6.45, 7) is 4.81. The fourth-order valence-corrected chi connectivity index (χ4v) is 4.13. The van der Waals surface area contributed by atoms with E-state index in [1.165, 1.54) is 70.6 Å². The van der Waals surface area contributed by atoms with E-state index in [0.717, 1.165) is 23.9 Å². The molecule has 2 rings (SSSR count). The number of nitrogens with one attached hydrogen (secondary N) is 1. The molecule has 1 nitrogen and oxygen atoms in total. The Balaban J connectivity index is 1.76. The number of rotatable bonds is 4. The molecule has 2 unspecified atom stereocenters. The van der Waals surface area contributed by atoms with Crippen LogP contribution in [0, 0.1) is 11.8 Å². The van der Waals surface area contributed by atoms with Crippen LogP contribution in [-0.2, 0) is 0 Å². The second-order valence-corrected chi connectivity index (χ2v) is 6.84. The summed E-state index contributed by atoms with van der Waals surface area (Å²) in [6, 6.07) is 1.57. The monoisotopic (exact) mass is 251 g/mol. The molecule has 0 aromatic rings. The number of hydrogen-bond donors (Lipinski definition) is 1. The van der Waals surface area contributed by atoms with Gasteiger partial charge in [0.25, 0.3) is 0 Å². The van der Waals surface area contributed by atoms with E-state index in [1.807, 2.05) is 0 Å². The van der Waals surface area contributed by atoms with Gasteiger partial charge in [0.05, 0.1) is 0 Å². The molecule has 0 aromatic heterocycles. The average Bonchev–Trinajstić information content (AvgIpc) is 2.68. The zero-order valence-electron chi connectivity index (χ0n) is 12.6. The first-order valence-corrected chi connectivity index (χ1v) is 8.55. The smallest absolute Gasteiger partial charge is 0.00722 e. The van der Waals surface area contributed by atoms with Crippen molar-refractivity contribution in [2.75, 3.05) is 0 Å². The van der Waals surface area contributed by atoms with Gasteiger partial charge in [0.15, 0.2) is 0 Å².